The molecule has 0 radical (unpaired) electrons. The second-order valence-electron chi connectivity index (χ2n) is 4.22. The summed E-state index contributed by atoms with van der Waals surface area (Å²) in [5, 5.41) is 1.93. The van der Waals surface area contributed by atoms with Crippen LogP contribution in [0.25, 0.3) is 11.4 Å². The molecule has 0 atom stereocenters. The van der Waals surface area contributed by atoms with E-state index in [9.17, 15) is 17.4 Å². The van der Waals surface area contributed by atoms with Crippen molar-refractivity contribution < 1.29 is 17.4 Å². The van der Waals surface area contributed by atoms with Gasteiger partial charge in [-0.05, 0) is 12.1 Å². The number of aromatic nitrogens is 2. The summed E-state index contributed by atoms with van der Waals surface area (Å²) in [4.78, 5) is 7.82. The molecule has 0 saturated heterocycles. The van der Waals surface area contributed by atoms with Crippen LogP contribution < -0.4 is 0 Å². The van der Waals surface area contributed by atoms with E-state index < -0.39 is 21.5 Å². The summed E-state index contributed by atoms with van der Waals surface area (Å²) in [7, 11) is -2.32. The van der Waals surface area contributed by atoms with Crippen molar-refractivity contribution in [2.45, 2.75) is 6.18 Å². The molecule has 0 aromatic carbocycles. The van der Waals surface area contributed by atoms with Gasteiger partial charge in [-0.25, -0.2) is 9.19 Å². The first kappa shape index (κ1) is 14.9. The topological polar surface area (TPSA) is 55.2 Å². The van der Waals surface area contributed by atoms with Gasteiger partial charge < -0.3 is 0 Å². The molecule has 9 heteroatoms. The molecular formula is C11H10F3N3OS2. The molecule has 0 N–H and O–H groups in total. The highest BCUT2D eigenvalue weighted by molar-refractivity contribution is 7.92. The van der Waals surface area contributed by atoms with E-state index in [1.54, 1.807) is 5.38 Å². The molecule has 4 nitrogen and oxygen atoms in total. The van der Waals surface area contributed by atoms with Crippen LogP contribution in [0, 0.1) is 0 Å². The summed E-state index contributed by atoms with van der Waals surface area (Å²) in [6, 6.07) is 2.19. The summed E-state index contributed by atoms with van der Waals surface area (Å²) < 4.78 is 52.7. The van der Waals surface area contributed by atoms with Crippen LogP contribution in [0.1, 0.15) is 5.56 Å². The average molecular weight is 321 g/mol. The Morgan fingerprint density at radius 2 is 1.95 bits per heavy atom. The molecule has 0 amide bonds. The number of halogens is 3. The van der Waals surface area contributed by atoms with Gasteiger partial charge in [0.15, 0.2) is 0 Å². The highest BCUT2D eigenvalue weighted by Crippen LogP contribution is 2.31. The van der Waals surface area contributed by atoms with Crippen LogP contribution >= 0.6 is 11.3 Å². The lowest BCUT2D eigenvalue weighted by atomic mass is 10.2. The average Bonchev–Trinajstić information content (AvgIpc) is 2.74. The molecule has 0 spiro atoms. The SMILES string of the molecule is CS(C)(=O)=Nc1nc(-c2ccc(C(F)(F)F)cn2)cs1. The van der Waals surface area contributed by atoms with Gasteiger partial charge in [-0.3, -0.25) is 4.98 Å². The van der Waals surface area contributed by atoms with Gasteiger partial charge in [0.25, 0.3) is 0 Å². The minimum Gasteiger partial charge on any atom is -0.254 e. The fourth-order valence-corrected chi connectivity index (χ4v) is 2.99. The second-order valence-corrected chi connectivity index (χ2v) is 7.60. The van der Waals surface area contributed by atoms with Gasteiger partial charge in [-0.15, -0.1) is 11.3 Å². The maximum Gasteiger partial charge on any atom is 0.417 e. The number of nitrogens with zero attached hydrogens (tertiary/aromatic N) is 3. The molecule has 2 aromatic rings. The molecule has 0 aliphatic carbocycles. The van der Waals surface area contributed by atoms with Crippen molar-refractivity contribution in [1.82, 2.24) is 9.97 Å². The molecule has 0 saturated carbocycles. The normalized spacial score (nSPS) is 12.4. The van der Waals surface area contributed by atoms with Crippen molar-refractivity contribution in [3.63, 3.8) is 0 Å². The van der Waals surface area contributed by atoms with Crippen molar-refractivity contribution in [2.24, 2.45) is 4.36 Å². The Kier molecular flexibility index (Phi) is 3.83. The van der Waals surface area contributed by atoms with Gasteiger partial charge in [0.1, 0.15) is 5.69 Å². The van der Waals surface area contributed by atoms with Crippen LogP contribution in [0.3, 0.4) is 0 Å². The van der Waals surface area contributed by atoms with Crippen molar-refractivity contribution in [2.75, 3.05) is 12.5 Å². The molecular weight excluding hydrogens is 311 g/mol. The fraction of sp³-hybridized carbons (Fsp3) is 0.273. The molecule has 20 heavy (non-hydrogen) atoms. The fourth-order valence-electron chi connectivity index (χ4n) is 1.32. The molecule has 0 unspecified atom stereocenters. The maximum absolute atomic E-state index is 12.4. The zero-order valence-electron chi connectivity index (χ0n) is 10.5. The molecule has 0 fully saturated rings. The number of alkyl halides is 3. The largest absolute Gasteiger partial charge is 0.417 e. The standard InChI is InChI=1S/C11H10F3N3OS2/c1-20(2,18)17-10-16-9(6-19-10)8-4-3-7(5-15-8)11(12,13)14/h3-6H,1-2H3. The minimum absolute atomic E-state index is 0.314. The summed E-state index contributed by atoms with van der Waals surface area (Å²) in [5.74, 6) is 0. The van der Waals surface area contributed by atoms with Crippen LogP contribution in [0.15, 0.2) is 28.1 Å². The quantitative estimate of drug-likeness (QED) is 0.849. The minimum atomic E-state index is -4.41. The van der Waals surface area contributed by atoms with Gasteiger partial charge in [-0.1, -0.05) is 0 Å². The predicted octanol–water partition coefficient (Wildman–Crippen LogP) is 3.58. The summed E-state index contributed by atoms with van der Waals surface area (Å²) in [6.07, 6.45) is -0.701. The highest BCUT2D eigenvalue weighted by Gasteiger charge is 2.30. The third-order valence-electron chi connectivity index (χ3n) is 2.14. The zero-order valence-corrected chi connectivity index (χ0v) is 12.1. The van der Waals surface area contributed by atoms with E-state index in [0.29, 0.717) is 16.5 Å². The summed E-state index contributed by atoms with van der Waals surface area (Å²) in [6.45, 7) is 0. The second kappa shape index (κ2) is 5.13. The Morgan fingerprint density at radius 1 is 1.25 bits per heavy atom. The van der Waals surface area contributed by atoms with Crippen LogP contribution in [-0.2, 0) is 15.9 Å². The Labute approximate surface area is 117 Å². The van der Waals surface area contributed by atoms with Crippen molar-refractivity contribution in [1.29, 1.82) is 0 Å². The van der Waals surface area contributed by atoms with Crippen LogP contribution in [0.5, 0.6) is 0 Å². The smallest absolute Gasteiger partial charge is 0.254 e. The van der Waals surface area contributed by atoms with Crippen molar-refractivity contribution >= 4 is 26.2 Å². The summed E-state index contributed by atoms with van der Waals surface area (Å²) >= 11 is 1.16. The highest BCUT2D eigenvalue weighted by atomic mass is 32.2. The maximum atomic E-state index is 12.4. The predicted molar refractivity (Wildman–Crippen MR) is 72.4 cm³/mol. The lowest BCUT2D eigenvalue weighted by Gasteiger charge is -2.05. The van der Waals surface area contributed by atoms with Gasteiger partial charge in [0, 0.05) is 33.8 Å². The first-order chi connectivity index (χ1) is 9.15. The third kappa shape index (κ3) is 3.76. The van der Waals surface area contributed by atoms with Crippen LogP contribution in [0.2, 0.25) is 0 Å². The van der Waals surface area contributed by atoms with Crippen molar-refractivity contribution in [3.8, 4) is 11.4 Å². The van der Waals surface area contributed by atoms with E-state index in [0.717, 1.165) is 23.6 Å². The number of pyridine rings is 1. The van der Waals surface area contributed by atoms with Gasteiger partial charge in [0.05, 0.1) is 11.3 Å². The molecule has 0 aliphatic rings. The van der Waals surface area contributed by atoms with Gasteiger partial charge in [0.2, 0.25) is 5.13 Å². The molecule has 2 heterocycles. The number of rotatable bonds is 2. The van der Waals surface area contributed by atoms with E-state index in [2.05, 4.69) is 14.3 Å². The Bertz CT molecular complexity index is 720. The van der Waals surface area contributed by atoms with Crippen molar-refractivity contribution in [3.05, 3.63) is 29.3 Å². The van der Waals surface area contributed by atoms with E-state index in [1.807, 2.05) is 0 Å². The lowest BCUT2D eigenvalue weighted by molar-refractivity contribution is -0.137. The van der Waals surface area contributed by atoms with E-state index >= 15 is 0 Å². The molecule has 2 aromatic heterocycles. The van der Waals surface area contributed by atoms with Crippen LogP contribution in [-0.4, -0.2) is 26.7 Å². The van der Waals surface area contributed by atoms with Crippen LogP contribution in [0.4, 0.5) is 18.3 Å². The van der Waals surface area contributed by atoms with E-state index in [4.69, 9.17) is 0 Å². The summed E-state index contributed by atoms with van der Waals surface area (Å²) in [5.41, 5.74) is -0.0907. The monoisotopic (exact) mass is 321 g/mol. The van der Waals surface area contributed by atoms with Gasteiger partial charge in [-0.2, -0.15) is 17.5 Å². The Balaban J connectivity index is 2.32. The number of hydrogen-bond donors (Lipinski definition) is 0. The lowest BCUT2D eigenvalue weighted by Crippen LogP contribution is -2.05. The zero-order chi connectivity index (χ0) is 15.0. The van der Waals surface area contributed by atoms with E-state index in [-0.39, 0.29) is 0 Å². The number of thiazole rings is 1. The third-order valence-corrected chi connectivity index (χ3v) is 3.61. The molecule has 0 bridgehead atoms. The first-order valence-corrected chi connectivity index (χ1v) is 8.52. The number of hydrogen-bond acceptors (Lipinski definition) is 5. The molecule has 0 aliphatic heterocycles. The molecule has 2 rings (SSSR count). The Morgan fingerprint density at radius 3 is 2.45 bits per heavy atom. The Hall–Kier alpha value is -1.48. The van der Waals surface area contributed by atoms with Gasteiger partial charge >= 0.3 is 6.18 Å². The first-order valence-electron chi connectivity index (χ1n) is 5.31. The van der Waals surface area contributed by atoms with E-state index in [1.165, 1.54) is 18.6 Å². The molecule has 108 valence electrons.